The Hall–Kier alpha value is -0.580. The van der Waals surface area contributed by atoms with Crippen molar-refractivity contribution in [3.63, 3.8) is 0 Å². The first-order valence-electron chi connectivity index (χ1n) is 6.50. The smallest absolute Gasteiger partial charge is 0.179 e. The Morgan fingerprint density at radius 2 is 2.16 bits per heavy atom. The van der Waals surface area contributed by atoms with Gasteiger partial charge >= 0.3 is 0 Å². The third-order valence-corrected chi connectivity index (χ3v) is 3.87. The highest BCUT2D eigenvalue weighted by atomic mass is 35.5. The molecule has 0 amide bonds. The van der Waals surface area contributed by atoms with Crippen LogP contribution in [0.5, 0.6) is 11.5 Å². The van der Waals surface area contributed by atoms with Crippen LogP contribution in [0, 0.1) is 0 Å². The van der Waals surface area contributed by atoms with E-state index in [2.05, 4.69) is 6.92 Å². The minimum atomic E-state index is 0.589. The molecule has 0 heterocycles. The molecule has 0 aliphatic heterocycles. The summed E-state index contributed by atoms with van der Waals surface area (Å²) in [4.78, 5) is 0. The van der Waals surface area contributed by atoms with Crippen LogP contribution in [0.15, 0.2) is 12.1 Å². The zero-order valence-electron chi connectivity index (χ0n) is 11.6. The van der Waals surface area contributed by atoms with Crippen molar-refractivity contribution >= 4 is 23.4 Å². The molecule has 1 aromatic carbocycles. The maximum atomic E-state index is 6.24. The van der Waals surface area contributed by atoms with Crippen molar-refractivity contribution in [3.8, 4) is 11.5 Å². The Kier molecular flexibility index (Phi) is 8.10. The SMILES string of the molecule is CCSCCCOc1c(Cl)cc(CCN)cc1OC. The van der Waals surface area contributed by atoms with Crippen molar-refractivity contribution in [2.75, 3.05) is 31.8 Å². The lowest BCUT2D eigenvalue weighted by atomic mass is 10.1. The number of thioether (sulfide) groups is 1. The topological polar surface area (TPSA) is 44.5 Å². The molecule has 5 heteroatoms. The van der Waals surface area contributed by atoms with E-state index in [1.807, 2.05) is 23.9 Å². The predicted molar refractivity (Wildman–Crippen MR) is 83.9 cm³/mol. The Labute approximate surface area is 124 Å². The molecule has 1 rings (SSSR count). The van der Waals surface area contributed by atoms with E-state index in [1.165, 1.54) is 0 Å². The van der Waals surface area contributed by atoms with Crippen LogP contribution in [0.4, 0.5) is 0 Å². The highest BCUT2D eigenvalue weighted by molar-refractivity contribution is 7.99. The number of rotatable bonds is 9. The normalized spacial score (nSPS) is 10.5. The third-order valence-electron chi connectivity index (χ3n) is 2.61. The van der Waals surface area contributed by atoms with E-state index in [0.29, 0.717) is 29.7 Å². The number of nitrogens with two attached hydrogens (primary N) is 1. The minimum Gasteiger partial charge on any atom is -0.493 e. The number of halogens is 1. The molecular formula is C14H22ClNO2S. The molecule has 2 N–H and O–H groups in total. The second-order valence-corrected chi connectivity index (χ2v) is 5.85. The van der Waals surface area contributed by atoms with Gasteiger partial charge in [0.05, 0.1) is 18.7 Å². The number of hydrogen-bond donors (Lipinski definition) is 1. The summed E-state index contributed by atoms with van der Waals surface area (Å²) in [6.45, 7) is 3.40. The molecule has 108 valence electrons. The van der Waals surface area contributed by atoms with Crippen LogP contribution in [0.25, 0.3) is 0 Å². The monoisotopic (exact) mass is 303 g/mol. The zero-order chi connectivity index (χ0) is 14.1. The van der Waals surface area contributed by atoms with E-state index in [9.17, 15) is 0 Å². The summed E-state index contributed by atoms with van der Waals surface area (Å²) in [5.74, 6) is 3.55. The Morgan fingerprint density at radius 1 is 1.37 bits per heavy atom. The highest BCUT2D eigenvalue weighted by Gasteiger charge is 2.11. The number of hydrogen-bond acceptors (Lipinski definition) is 4. The van der Waals surface area contributed by atoms with E-state index in [1.54, 1.807) is 7.11 Å². The van der Waals surface area contributed by atoms with Gasteiger partial charge in [-0.3, -0.25) is 0 Å². The molecular weight excluding hydrogens is 282 g/mol. The van der Waals surface area contributed by atoms with Gasteiger partial charge < -0.3 is 15.2 Å². The Balaban J connectivity index is 2.65. The number of benzene rings is 1. The summed E-state index contributed by atoms with van der Waals surface area (Å²) in [5, 5.41) is 0.589. The fourth-order valence-electron chi connectivity index (χ4n) is 1.70. The summed E-state index contributed by atoms with van der Waals surface area (Å²) in [7, 11) is 1.62. The van der Waals surface area contributed by atoms with Gasteiger partial charge in [0.2, 0.25) is 0 Å². The van der Waals surface area contributed by atoms with Gasteiger partial charge in [0, 0.05) is 0 Å². The zero-order valence-corrected chi connectivity index (χ0v) is 13.1. The molecule has 0 saturated heterocycles. The lowest BCUT2D eigenvalue weighted by molar-refractivity contribution is 0.295. The van der Waals surface area contributed by atoms with Crippen LogP contribution in [-0.2, 0) is 6.42 Å². The average Bonchev–Trinajstić information content (AvgIpc) is 2.40. The molecule has 0 unspecified atom stereocenters. The molecule has 0 spiro atoms. The summed E-state index contributed by atoms with van der Waals surface area (Å²) in [5.41, 5.74) is 6.62. The first-order valence-corrected chi connectivity index (χ1v) is 8.03. The molecule has 19 heavy (non-hydrogen) atoms. The fraction of sp³-hybridized carbons (Fsp3) is 0.571. The van der Waals surface area contributed by atoms with Crippen molar-refractivity contribution in [1.82, 2.24) is 0 Å². The predicted octanol–water partition coefficient (Wildman–Crippen LogP) is 3.37. The summed E-state index contributed by atoms with van der Waals surface area (Å²) < 4.78 is 11.1. The average molecular weight is 304 g/mol. The van der Waals surface area contributed by atoms with Crippen LogP contribution in [0.3, 0.4) is 0 Å². The van der Waals surface area contributed by atoms with Gasteiger partial charge in [-0.25, -0.2) is 0 Å². The van der Waals surface area contributed by atoms with Crippen molar-refractivity contribution in [2.24, 2.45) is 5.73 Å². The van der Waals surface area contributed by atoms with Crippen molar-refractivity contribution < 1.29 is 9.47 Å². The molecule has 3 nitrogen and oxygen atoms in total. The quantitative estimate of drug-likeness (QED) is 0.710. The maximum absolute atomic E-state index is 6.24. The molecule has 0 fully saturated rings. The first kappa shape index (κ1) is 16.5. The number of methoxy groups -OCH3 is 1. The van der Waals surface area contributed by atoms with Gasteiger partial charge in [0.1, 0.15) is 0 Å². The molecule has 0 saturated carbocycles. The molecule has 1 aromatic rings. The lowest BCUT2D eigenvalue weighted by Gasteiger charge is -2.14. The second kappa shape index (κ2) is 9.34. The standard InChI is InChI=1S/C14H22ClNO2S/c1-3-19-8-4-7-18-14-12(15)9-11(5-6-16)10-13(14)17-2/h9-10H,3-8,16H2,1-2H3. The van der Waals surface area contributed by atoms with Crippen LogP contribution in [0.1, 0.15) is 18.9 Å². The van der Waals surface area contributed by atoms with Gasteiger partial charge in [-0.15, -0.1) is 0 Å². The molecule has 0 aromatic heterocycles. The van der Waals surface area contributed by atoms with E-state index >= 15 is 0 Å². The van der Waals surface area contributed by atoms with Gasteiger partial charge in [0.25, 0.3) is 0 Å². The summed E-state index contributed by atoms with van der Waals surface area (Å²) in [6.07, 6.45) is 1.78. The Bertz CT molecular complexity index is 388. The van der Waals surface area contributed by atoms with E-state index in [-0.39, 0.29) is 0 Å². The first-order chi connectivity index (χ1) is 9.22. The Morgan fingerprint density at radius 3 is 2.79 bits per heavy atom. The van der Waals surface area contributed by atoms with Gasteiger partial charge in [-0.05, 0) is 48.6 Å². The number of ether oxygens (including phenoxy) is 2. The van der Waals surface area contributed by atoms with Crippen molar-refractivity contribution in [1.29, 1.82) is 0 Å². The van der Waals surface area contributed by atoms with Gasteiger partial charge in [0.15, 0.2) is 11.5 Å². The van der Waals surface area contributed by atoms with E-state index in [4.69, 9.17) is 26.8 Å². The fourth-order valence-corrected chi connectivity index (χ4v) is 2.60. The highest BCUT2D eigenvalue weighted by Crippen LogP contribution is 2.36. The third kappa shape index (κ3) is 5.51. The largest absolute Gasteiger partial charge is 0.493 e. The summed E-state index contributed by atoms with van der Waals surface area (Å²) >= 11 is 8.15. The van der Waals surface area contributed by atoms with Gasteiger partial charge in [-0.1, -0.05) is 18.5 Å². The van der Waals surface area contributed by atoms with Crippen LogP contribution >= 0.6 is 23.4 Å². The van der Waals surface area contributed by atoms with Crippen LogP contribution in [0.2, 0.25) is 5.02 Å². The molecule has 0 aliphatic rings. The second-order valence-electron chi connectivity index (χ2n) is 4.05. The van der Waals surface area contributed by atoms with E-state index in [0.717, 1.165) is 29.9 Å². The molecule has 0 radical (unpaired) electrons. The van der Waals surface area contributed by atoms with Crippen molar-refractivity contribution in [3.05, 3.63) is 22.7 Å². The lowest BCUT2D eigenvalue weighted by Crippen LogP contribution is -2.05. The van der Waals surface area contributed by atoms with E-state index < -0.39 is 0 Å². The van der Waals surface area contributed by atoms with Crippen LogP contribution < -0.4 is 15.2 Å². The minimum absolute atomic E-state index is 0.589. The maximum Gasteiger partial charge on any atom is 0.179 e. The molecule has 0 aliphatic carbocycles. The summed E-state index contributed by atoms with van der Waals surface area (Å²) in [6, 6.07) is 3.84. The van der Waals surface area contributed by atoms with Crippen LogP contribution in [-0.4, -0.2) is 31.8 Å². The molecule has 0 atom stereocenters. The van der Waals surface area contributed by atoms with Crippen molar-refractivity contribution in [2.45, 2.75) is 19.8 Å². The van der Waals surface area contributed by atoms with Gasteiger partial charge in [-0.2, -0.15) is 11.8 Å². The molecule has 0 bridgehead atoms.